The number of ether oxygens (including phenoxy) is 1. The topological polar surface area (TPSA) is 96.7 Å². The number of hydrogen-bond donors (Lipinski definition) is 3. The zero-order valence-corrected chi connectivity index (χ0v) is 13.5. The number of nitrogens with one attached hydrogen (secondary N) is 2. The van der Waals surface area contributed by atoms with Gasteiger partial charge in [0.15, 0.2) is 0 Å². The maximum Gasteiger partial charge on any atom is 0.312 e. The highest BCUT2D eigenvalue weighted by Gasteiger charge is 2.23. The van der Waals surface area contributed by atoms with Crippen molar-refractivity contribution in [3.63, 3.8) is 0 Å². The molecule has 2 rings (SSSR count). The number of primary amides is 1. The SMILES string of the molecule is NC(=O)NCCC(=O)NC[C@H](c1ccc(F)cc1)N1CCOCC1. The summed E-state index contributed by atoms with van der Waals surface area (Å²) in [5.74, 6) is -0.467. The molecule has 132 valence electrons. The van der Waals surface area contributed by atoms with Gasteiger partial charge in [-0.3, -0.25) is 9.69 Å². The van der Waals surface area contributed by atoms with E-state index in [4.69, 9.17) is 10.5 Å². The van der Waals surface area contributed by atoms with E-state index >= 15 is 0 Å². The Morgan fingerprint density at radius 3 is 2.50 bits per heavy atom. The van der Waals surface area contributed by atoms with Crippen molar-refractivity contribution in [2.24, 2.45) is 5.73 Å². The number of hydrogen-bond acceptors (Lipinski definition) is 4. The first kappa shape index (κ1) is 18.2. The minimum Gasteiger partial charge on any atom is -0.379 e. The zero-order valence-electron chi connectivity index (χ0n) is 13.5. The van der Waals surface area contributed by atoms with Crippen molar-refractivity contribution in [1.29, 1.82) is 0 Å². The third kappa shape index (κ3) is 5.78. The van der Waals surface area contributed by atoms with Gasteiger partial charge in [0.2, 0.25) is 5.91 Å². The van der Waals surface area contributed by atoms with Gasteiger partial charge in [0, 0.05) is 32.6 Å². The average Bonchev–Trinajstić information content (AvgIpc) is 2.57. The summed E-state index contributed by atoms with van der Waals surface area (Å²) in [7, 11) is 0. The second-order valence-electron chi connectivity index (χ2n) is 5.56. The normalized spacial score (nSPS) is 16.4. The summed E-state index contributed by atoms with van der Waals surface area (Å²) < 4.78 is 18.5. The summed E-state index contributed by atoms with van der Waals surface area (Å²) in [6, 6.07) is 5.60. The first-order valence-corrected chi connectivity index (χ1v) is 7.93. The molecule has 1 aliphatic heterocycles. The quantitative estimate of drug-likeness (QED) is 0.669. The summed E-state index contributed by atoms with van der Waals surface area (Å²) in [6.45, 7) is 3.37. The fraction of sp³-hybridized carbons (Fsp3) is 0.500. The van der Waals surface area contributed by atoms with Crippen molar-refractivity contribution in [2.75, 3.05) is 39.4 Å². The van der Waals surface area contributed by atoms with Crippen molar-refractivity contribution in [1.82, 2.24) is 15.5 Å². The molecule has 1 heterocycles. The van der Waals surface area contributed by atoms with Crippen LogP contribution in [0, 0.1) is 5.82 Å². The number of morpholine rings is 1. The first-order valence-electron chi connectivity index (χ1n) is 7.93. The van der Waals surface area contributed by atoms with Gasteiger partial charge in [-0.25, -0.2) is 9.18 Å². The number of nitrogens with zero attached hydrogens (tertiary/aromatic N) is 1. The Labute approximate surface area is 140 Å². The van der Waals surface area contributed by atoms with E-state index in [-0.39, 0.29) is 30.7 Å². The highest BCUT2D eigenvalue weighted by atomic mass is 19.1. The summed E-state index contributed by atoms with van der Waals surface area (Å²) in [6.07, 6.45) is 0.155. The second kappa shape index (κ2) is 9.19. The highest BCUT2D eigenvalue weighted by Crippen LogP contribution is 2.21. The van der Waals surface area contributed by atoms with Crippen molar-refractivity contribution < 1.29 is 18.7 Å². The smallest absolute Gasteiger partial charge is 0.312 e. The molecular weight excluding hydrogens is 315 g/mol. The Kier molecular flexibility index (Phi) is 6.95. The molecule has 0 unspecified atom stereocenters. The number of carbonyl (C=O) groups is 2. The fourth-order valence-electron chi connectivity index (χ4n) is 2.63. The number of urea groups is 1. The number of nitrogens with two attached hydrogens (primary N) is 1. The van der Waals surface area contributed by atoms with Gasteiger partial charge >= 0.3 is 6.03 Å². The molecule has 1 aromatic carbocycles. The maximum absolute atomic E-state index is 13.2. The van der Waals surface area contributed by atoms with Gasteiger partial charge in [-0.1, -0.05) is 12.1 Å². The van der Waals surface area contributed by atoms with E-state index in [2.05, 4.69) is 15.5 Å². The molecule has 3 amide bonds. The van der Waals surface area contributed by atoms with Crippen LogP contribution in [-0.4, -0.2) is 56.2 Å². The van der Waals surface area contributed by atoms with E-state index in [1.165, 1.54) is 12.1 Å². The molecule has 1 aliphatic rings. The van der Waals surface area contributed by atoms with Crippen LogP contribution in [0.3, 0.4) is 0 Å². The van der Waals surface area contributed by atoms with Crippen molar-refractivity contribution in [3.8, 4) is 0 Å². The van der Waals surface area contributed by atoms with Crippen LogP contribution in [0.4, 0.5) is 9.18 Å². The fourth-order valence-corrected chi connectivity index (χ4v) is 2.63. The van der Waals surface area contributed by atoms with Crippen LogP contribution in [0.25, 0.3) is 0 Å². The molecule has 0 bridgehead atoms. The van der Waals surface area contributed by atoms with Gasteiger partial charge in [0.1, 0.15) is 5.82 Å². The molecule has 1 fully saturated rings. The van der Waals surface area contributed by atoms with Crippen LogP contribution in [0.5, 0.6) is 0 Å². The lowest BCUT2D eigenvalue weighted by Crippen LogP contribution is -2.44. The Bertz CT molecular complexity index is 547. The van der Waals surface area contributed by atoms with Gasteiger partial charge in [-0.15, -0.1) is 0 Å². The van der Waals surface area contributed by atoms with E-state index in [0.717, 1.165) is 18.7 Å². The van der Waals surface area contributed by atoms with Crippen LogP contribution >= 0.6 is 0 Å². The van der Waals surface area contributed by atoms with E-state index in [0.29, 0.717) is 19.8 Å². The maximum atomic E-state index is 13.2. The van der Waals surface area contributed by atoms with Gasteiger partial charge in [-0.2, -0.15) is 0 Å². The van der Waals surface area contributed by atoms with Crippen molar-refractivity contribution in [2.45, 2.75) is 12.5 Å². The minimum atomic E-state index is -0.652. The van der Waals surface area contributed by atoms with E-state index < -0.39 is 6.03 Å². The molecular formula is C16H23FN4O3. The lowest BCUT2D eigenvalue weighted by atomic mass is 10.0. The molecule has 8 heteroatoms. The Hall–Kier alpha value is -2.19. The molecule has 1 atom stereocenters. The van der Waals surface area contributed by atoms with Crippen LogP contribution in [-0.2, 0) is 9.53 Å². The Balaban J connectivity index is 1.94. The number of halogens is 1. The lowest BCUT2D eigenvalue weighted by molar-refractivity contribution is -0.121. The van der Waals surface area contributed by atoms with Gasteiger partial charge in [-0.05, 0) is 17.7 Å². The predicted molar refractivity (Wildman–Crippen MR) is 86.7 cm³/mol. The third-order valence-electron chi connectivity index (χ3n) is 3.89. The molecule has 0 spiro atoms. The summed E-state index contributed by atoms with van der Waals surface area (Å²) in [5, 5.41) is 5.23. The van der Waals surface area contributed by atoms with Gasteiger partial charge in [0.25, 0.3) is 0 Å². The van der Waals surface area contributed by atoms with E-state index in [1.54, 1.807) is 12.1 Å². The number of carbonyl (C=O) groups excluding carboxylic acids is 2. The van der Waals surface area contributed by atoms with Crippen LogP contribution < -0.4 is 16.4 Å². The Morgan fingerprint density at radius 2 is 1.88 bits per heavy atom. The lowest BCUT2D eigenvalue weighted by Gasteiger charge is -2.35. The largest absolute Gasteiger partial charge is 0.379 e. The summed E-state index contributed by atoms with van der Waals surface area (Å²) >= 11 is 0. The molecule has 0 aliphatic carbocycles. The van der Waals surface area contributed by atoms with Crippen molar-refractivity contribution >= 4 is 11.9 Å². The third-order valence-corrected chi connectivity index (χ3v) is 3.89. The zero-order chi connectivity index (χ0) is 17.4. The van der Waals surface area contributed by atoms with Crippen LogP contribution in [0.1, 0.15) is 18.0 Å². The predicted octanol–water partition coefficient (Wildman–Crippen LogP) is 0.374. The monoisotopic (exact) mass is 338 g/mol. The van der Waals surface area contributed by atoms with Gasteiger partial charge in [0.05, 0.1) is 19.3 Å². The highest BCUT2D eigenvalue weighted by molar-refractivity contribution is 5.77. The van der Waals surface area contributed by atoms with Crippen molar-refractivity contribution in [3.05, 3.63) is 35.6 Å². The second-order valence-corrected chi connectivity index (χ2v) is 5.56. The molecule has 0 aromatic heterocycles. The molecule has 7 nitrogen and oxygen atoms in total. The minimum absolute atomic E-state index is 0.0532. The first-order chi connectivity index (χ1) is 11.6. The van der Waals surface area contributed by atoms with Crippen LogP contribution in [0.2, 0.25) is 0 Å². The number of benzene rings is 1. The molecule has 1 aromatic rings. The van der Waals surface area contributed by atoms with E-state index in [1.807, 2.05) is 0 Å². The Morgan fingerprint density at radius 1 is 1.21 bits per heavy atom. The summed E-state index contributed by atoms with van der Waals surface area (Å²) in [4.78, 5) is 24.7. The van der Waals surface area contributed by atoms with Gasteiger partial charge < -0.3 is 21.1 Å². The summed E-state index contributed by atoms with van der Waals surface area (Å²) in [5.41, 5.74) is 5.89. The molecule has 4 N–H and O–H groups in total. The standard InChI is InChI=1S/C16H23FN4O3/c17-13-3-1-12(2-4-13)14(21-7-9-24-10-8-21)11-20-15(22)5-6-19-16(18)23/h1-4,14H,5-11H2,(H,20,22)(H3,18,19,23)/t14-/m1/s1. The van der Waals surface area contributed by atoms with Crippen LogP contribution in [0.15, 0.2) is 24.3 Å². The molecule has 0 saturated carbocycles. The number of rotatable bonds is 7. The molecule has 24 heavy (non-hydrogen) atoms. The molecule has 1 saturated heterocycles. The van der Waals surface area contributed by atoms with E-state index in [9.17, 15) is 14.0 Å². The average molecular weight is 338 g/mol. The number of amides is 3. The molecule has 0 radical (unpaired) electrons.